The summed E-state index contributed by atoms with van der Waals surface area (Å²) in [6, 6.07) is 9.49. The average molecular weight is 238 g/mol. The number of hydrogen-bond acceptors (Lipinski definition) is 2. The number of hydrogen-bond donors (Lipinski definition) is 1. The fraction of sp³-hybridized carbons (Fsp3) is 0.250. The van der Waals surface area contributed by atoms with E-state index in [2.05, 4.69) is 5.32 Å². The van der Waals surface area contributed by atoms with E-state index in [1.807, 2.05) is 37.3 Å². The van der Waals surface area contributed by atoms with E-state index in [9.17, 15) is 4.79 Å². The molecule has 84 valence electrons. The van der Waals surface area contributed by atoms with Crippen LogP contribution in [0.1, 0.15) is 18.7 Å². The molecule has 1 aromatic heterocycles. The molecule has 1 atom stereocenters. The van der Waals surface area contributed by atoms with Crippen LogP contribution in [0.15, 0.2) is 34.7 Å². The molecule has 0 radical (unpaired) electrons. The molecule has 3 nitrogen and oxygen atoms in total. The van der Waals surface area contributed by atoms with Crippen LogP contribution in [0.3, 0.4) is 0 Å². The summed E-state index contributed by atoms with van der Waals surface area (Å²) < 4.78 is 5.62. The van der Waals surface area contributed by atoms with Gasteiger partial charge < -0.3 is 9.73 Å². The molecule has 0 bridgehead atoms. The predicted molar refractivity (Wildman–Crippen MR) is 63.5 cm³/mol. The van der Waals surface area contributed by atoms with E-state index in [0.717, 1.165) is 16.7 Å². The first-order chi connectivity index (χ1) is 7.70. The molecule has 16 heavy (non-hydrogen) atoms. The topological polar surface area (TPSA) is 42.2 Å². The zero-order valence-corrected chi connectivity index (χ0v) is 9.62. The minimum Gasteiger partial charge on any atom is -0.459 e. The maximum Gasteiger partial charge on any atom is 0.235 e. The fourth-order valence-corrected chi connectivity index (χ4v) is 1.64. The maximum atomic E-state index is 11.1. The van der Waals surface area contributed by atoms with Crippen molar-refractivity contribution in [2.24, 2.45) is 0 Å². The average Bonchev–Trinajstić information content (AvgIpc) is 2.72. The van der Waals surface area contributed by atoms with Gasteiger partial charge in [0.15, 0.2) is 0 Å². The zero-order valence-electron chi connectivity index (χ0n) is 8.87. The molecule has 0 spiro atoms. The summed E-state index contributed by atoms with van der Waals surface area (Å²) in [5, 5.41) is 3.77. The molecule has 1 aromatic carbocycles. The van der Waals surface area contributed by atoms with Crippen molar-refractivity contribution in [3.63, 3.8) is 0 Å². The maximum absolute atomic E-state index is 11.1. The van der Waals surface area contributed by atoms with E-state index in [0.29, 0.717) is 0 Å². The fourth-order valence-electron chi connectivity index (χ4n) is 1.57. The van der Waals surface area contributed by atoms with Crippen molar-refractivity contribution in [1.29, 1.82) is 0 Å². The second-order valence-electron chi connectivity index (χ2n) is 3.61. The van der Waals surface area contributed by atoms with Crippen LogP contribution in [0, 0.1) is 0 Å². The molecule has 4 heteroatoms. The van der Waals surface area contributed by atoms with Gasteiger partial charge in [0.25, 0.3) is 0 Å². The Morgan fingerprint density at radius 1 is 1.50 bits per heavy atom. The van der Waals surface area contributed by atoms with Crippen molar-refractivity contribution < 1.29 is 9.21 Å². The van der Waals surface area contributed by atoms with E-state index in [1.54, 1.807) is 0 Å². The summed E-state index contributed by atoms with van der Waals surface area (Å²) in [5.41, 5.74) is 0.824. The number of nitrogens with one attached hydrogen (secondary N) is 1. The second kappa shape index (κ2) is 4.58. The number of halogens is 1. The normalized spacial score (nSPS) is 12.6. The summed E-state index contributed by atoms with van der Waals surface area (Å²) in [6.45, 7) is 1.86. The lowest BCUT2D eigenvalue weighted by Crippen LogP contribution is -2.27. The van der Waals surface area contributed by atoms with E-state index < -0.39 is 0 Å². The van der Waals surface area contributed by atoms with Crippen molar-refractivity contribution in [3.05, 3.63) is 36.1 Å². The molecule has 1 amide bonds. The Labute approximate surface area is 98.4 Å². The largest absolute Gasteiger partial charge is 0.459 e. The smallest absolute Gasteiger partial charge is 0.235 e. The molecule has 2 rings (SSSR count). The standard InChI is InChI=1S/C12H12ClNO2/c1-8(14-12(15)7-13)11-6-9-4-2-3-5-10(9)16-11/h2-6,8H,7H2,1H3,(H,14,15). The van der Waals surface area contributed by atoms with Crippen LogP contribution >= 0.6 is 11.6 Å². The highest BCUT2D eigenvalue weighted by molar-refractivity contribution is 6.27. The van der Waals surface area contributed by atoms with Crippen LogP contribution in [-0.2, 0) is 4.79 Å². The summed E-state index contributed by atoms with van der Waals surface area (Å²) >= 11 is 5.42. The van der Waals surface area contributed by atoms with Crippen LogP contribution in [0.25, 0.3) is 11.0 Å². The third-order valence-corrected chi connectivity index (χ3v) is 2.61. The number of benzene rings is 1. The summed E-state index contributed by atoms with van der Waals surface area (Å²) in [5.74, 6) is 0.499. The second-order valence-corrected chi connectivity index (χ2v) is 3.88. The van der Waals surface area contributed by atoms with E-state index in [1.165, 1.54) is 0 Å². The van der Waals surface area contributed by atoms with Crippen molar-refractivity contribution in [3.8, 4) is 0 Å². The molecule has 1 N–H and O–H groups in total. The van der Waals surface area contributed by atoms with Gasteiger partial charge in [-0.25, -0.2) is 0 Å². The van der Waals surface area contributed by atoms with Gasteiger partial charge in [0, 0.05) is 5.39 Å². The molecule has 0 aliphatic rings. The number of amides is 1. The number of carbonyl (C=O) groups excluding carboxylic acids is 1. The van der Waals surface area contributed by atoms with E-state index in [4.69, 9.17) is 16.0 Å². The predicted octanol–water partition coefficient (Wildman–Crippen LogP) is 2.85. The monoisotopic (exact) mass is 237 g/mol. The van der Waals surface area contributed by atoms with Gasteiger partial charge in [0.2, 0.25) is 5.91 Å². The molecule has 0 fully saturated rings. The van der Waals surface area contributed by atoms with Crippen LogP contribution in [0.4, 0.5) is 0 Å². The Morgan fingerprint density at radius 3 is 2.94 bits per heavy atom. The van der Waals surface area contributed by atoms with Crippen LogP contribution < -0.4 is 5.32 Å². The van der Waals surface area contributed by atoms with Crippen LogP contribution in [0.5, 0.6) is 0 Å². The van der Waals surface area contributed by atoms with E-state index in [-0.39, 0.29) is 17.8 Å². The quantitative estimate of drug-likeness (QED) is 0.835. The van der Waals surface area contributed by atoms with Gasteiger partial charge >= 0.3 is 0 Å². The molecule has 0 saturated carbocycles. The lowest BCUT2D eigenvalue weighted by molar-refractivity contribution is -0.119. The highest BCUT2D eigenvalue weighted by Crippen LogP contribution is 2.23. The molecule has 2 aromatic rings. The van der Waals surface area contributed by atoms with Crippen molar-refractivity contribution >= 4 is 28.5 Å². The first kappa shape index (κ1) is 11.0. The van der Waals surface area contributed by atoms with Crippen LogP contribution in [0.2, 0.25) is 0 Å². The molecular formula is C12H12ClNO2. The van der Waals surface area contributed by atoms with Gasteiger partial charge in [0.1, 0.15) is 17.2 Å². The SMILES string of the molecule is CC(NC(=O)CCl)c1cc2ccccc2o1. The molecule has 1 unspecified atom stereocenters. The lowest BCUT2D eigenvalue weighted by atomic mass is 10.2. The highest BCUT2D eigenvalue weighted by atomic mass is 35.5. The minimum atomic E-state index is -0.199. The molecule has 0 saturated heterocycles. The third kappa shape index (κ3) is 2.19. The van der Waals surface area contributed by atoms with Gasteiger partial charge in [-0.1, -0.05) is 18.2 Å². The Hall–Kier alpha value is -1.48. The number of furan rings is 1. The Kier molecular flexibility index (Phi) is 3.15. The first-order valence-corrected chi connectivity index (χ1v) is 5.58. The van der Waals surface area contributed by atoms with Gasteiger partial charge in [-0.15, -0.1) is 11.6 Å². The van der Waals surface area contributed by atoms with Crippen LogP contribution in [-0.4, -0.2) is 11.8 Å². The lowest BCUT2D eigenvalue weighted by Gasteiger charge is -2.09. The molecular weight excluding hydrogens is 226 g/mol. The summed E-state index contributed by atoms with van der Waals surface area (Å²) in [6.07, 6.45) is 0. The van der Waals surface area contributed by atoms with Gasteiger partial charge in [-0.2, -0.15) is 0 Å². The van der Waals surface area contributed by atoms with Gasteiger partial charge in [0.05, 0.1) is 6.04 Å². The summed E-state index contributed by atoms with van der Waals surface area (Å²) in [7, 11) is 0. The Morgan fingerprint density at radius 2 is 2.25 bits per heavy atom. The van der Waals surface area contributed by atoms with Gasteiger partial charge in [-0.05, 0) is 19.1 Å². The number of alkyl halides is 1. The zero-order chi connectivity index (χ0) is 11.5. The number of rotatable bonds is 3. The number of carbonyl (C=O) groups is 1. The Bertz CT molecular complexity index is 473. The van der Waals surface area contributed by atoms with Crippen molar-refractivity contribution in [2.75, 3.05) is 5.88 Å². The Balaban J connectivity index is 2.23. The third-order valence-electron chi connectivity index (χ3n) is 2.37. The summed E-state index contributed by atoms with van der Waals surface area (Å²) in [4.78, 5) is 11.1. The van der Waals surface area contributed by atoms with Gasteiger partial charge in [-0.3, -0.25) is 4.79 Å². The highest BCUT2D eigenvalue weighted by Gasteiger charge is 2.13. The molecule has 1 heterocycles. The van der Waals surface area contributed by atoms with Crippen molar-refractivity contribution in [1.82, 2.24) is 5.32 Å². The minimum absolute atomic E-state index is 0.0371. The van der Waals surface area contributed by atoms with Crippen molar-refractivity contribution in [2.45, 2.75) is 13.0 Å². The van der Waals surface area contributed by atoms with E-state index >= 15 is 0 Å². The molecule has 0 aliphatic heterocycles. The number of para-hydroxylation sites is 1. The molecule has 0 aliphatic carbocycles. The first-order valence-electron chi connectivity index (χ1n) is 5.04. The number of fused-ring (bicyclic) bond motifs is 1.